The molecule has 8 nitrogen and oxygen atoms in total. The van der Waals surface area contributed by atoms with Crippen LogP contribution >= 0.6 is 0 Å². The maximum absolute atomic E-state index is 12.4. The molecule has 3 rings (SSSR count). The van der Waals surface area contributed by atoms with Crippen molar-refractivity contribution in [3.63, 3.8) is 0 Å². The number of nitrogens with one attached hydrogen (secondary N) is 1. The van der Waals surface area contributed by atoms with Crippen LogP contribution in [0, 0.1) is 11.3 Å². The van der Waals surface area contributed by atoms with E-state index in [0.717, 1.165) is 31.1 Å². The van der Waals surface area contributed by atoms with E-state index in [9.17, 15) is 23.3 Å². The summed E-state index contributed by atoms with van der Waals surface area (Å²) in [5, 5.41) is 12.1. The van der Waals surface area contributed by atoms with Crippen LogP contribution in [0.3, 0.4) is 0 Å². The minimum atomic E-state index is -3.38. The summed E-state index contributed by atoms with van der Waals surface area (Å²) in [4.78, 5) is 24.5. The number of fused-ring (bicyclic) bond motifs is 1. The van der Waals surface area contributed by atoms with Crippen LogP contribution in [0.4, 0.5) is 5.69 Å². The van der Waals surface area contributed by atoms with Gasteiger partial charge in [-0.3, -0.25) is 9.10 Å². The lowest BCUT2D eigenvalue weighted by Crippen LogP contribution is -2.50. The number of hydrogen-bond donors (Lipinski definition) is 1. The highest BCUT2D eigenvalue weighted by atomic mass is 32.2. The summed E-state index contributed by atoms with van der Waals surface area (Å²) < 4.78 is 30.3. The van der Waals surface area contributed by atoms with E-state index in [-0.39, 0.29) is 5.56 Å². The highest BCUT2D eigenvalue weighted by molar-refractivity contribution is 7.92. The number of nitrogens with zero attached hydrogens (tertiary/aromatic N) is 2. The summed E-state index contributed by atoms with van der Waals surface area (Å²) in [6, 6.07) is 6.90. The zero-order valence-corrected chi connectivity index (χ0v) is 17.3. The molecule has 9 heteroatoms. The molecule has 1 aromatic carbocycles. The number of aryl methyl sites for hydroxylation is 1. The number of anilines is 1. The van der Waals surface area contributed by atoms with Gasteiger partial charge in [0.25, 0.3) is 5.91 Å². The summed E-state index contributed by atoms with van der Waals surface area (Å²) in [7, 11) is -3.38. The Labute approximate surface area is 170 Å². The molecule has 0 aromatic heterocycles. The molecule has 0 spiro atoms. The second-order valence-electron chi connectivity index (χ2n) is 7.66. The third kappa shape index (κ3) is 4.88. The largest absolute Gasteiger partial charge is 0.452 e. The second-order valence-corrected chi connectivity index (χ2v) is 9.57. The average Bonchev–Trinajstić information content (AvgIpc) is 2.71. The Bertz CT molecular complexity index is 945. The number of carbonyl (C=O) groups is 2. The zero-order chi connectivity index (χ0) is 21.1. The molecule has 1 aliphatic carbocycles. The molecule has 1 N–H and O–H groups in total. The topological polar surface area (TPSA) is 117 Å². The first-order valence-corrected chi connectivity index (χ1v) is 11.6. The predicted octanol–water partition coefficient (Wildman–Crippen LogP) is 1.90. The van der Waals surface area contributed by atoms with Crippen molar-refractivity contribution in [2.24, 2.45) is 0 Å². The average molecular weight is 420 g/mol. The Morgan fingerprint density at radius 1 is 1.24 bits per heavy atom. The Kier molecular flexibility index (Phi) is 6.13. The highest BCUT2D eigenvalue weighted by Crippen LogP contribution is 2.30. The van der Waals surface area contributed by atoms with Gasteiger partial charge in [-0.1, -0.05) is 19.3 Å². The Balaban J connectivity index is 1.63. The van der Waals surface area contributed by atoms with Crippen molar-refractivity contribution in [2.45, 2.75) is 50.5 Å². The van der Waals surface area contributed by atoms with Crippen molar-refractivity contribution >= 4 is 27.6 Å². The molecule has 1 aliphatic heterocycles. The Hall–Kier alpha value is -2.60. The van der Waals surface area contributed by atoms with E-state index in [1.54, 1.807) is 12.1 Å². The number of nitriles is 1. The van der Waals surface area contributed by atoms with E-state index >= 15 is 0 Å². The molecule has 0 bridgehead atoms. The number of carbonyl (C=O) groups excluding carboxylic acids is 2. The van der Waals surface area contributed by atoms with Crippen LogP contribution in [0.15, 0.2) is 18.2 Å². The van der Waals surface area contributed by atoms with Crippen molar-refractivity contribution in [1.82, 2.24) is 5.32 Å². The number of esters is 1. The van der Waals surface area contributed by atoms with E-state index in [1.165, 1.54) is 10.4 Å². The summed E-state index contributed by atoms with van der Waals surface area (Å²) >= 11 is 0. The Morgan fingerprint density at radius 2 is 1.97 bits per heavy atom. The summed E-state index contributed by atoms with van der Waals surface area (Å²) in [5.74, 6) is -1.16. The standard InChI is InChI=1S/C20H25N3O5S/c1-29(26,27)23-11-5-6-15-12-16(7-8-17(15)23)19(25)28-13-18(24)22-20(14-21)9-3-2-4-10-20/h7-8,12H,2-6,9-11,13H2,1H3,(H,22,24). The second kappa shape index (κ2) is 8.41. The molecule has 1 saturated carbocycles. The van der Waals surface area contributed by atoms with Crippen LogP contribution < -0.4 is 9.62 Å². The highest BCUT2D eigenvalue weighted by Gasteiger charge is 2.33. The molecule has 0 radical (unpaired) electrons. The molecule has 0 saturated heterocycles. The van der Waals surface area contributed by atoms with Crippen molar-refractivity contribution < 1.29 is 22.7 Å². The number of hydrogen-bond acceptors (Lipinski definition) is 6. The smallest absolute Gasteiger partial charge is 0.338 e. The molecule has 0 unspecified atom stereocenters. The Morgan fingerprint density at radius 3 is 2.62 bits per heavy atom. The van der Waals surface area contributed by atoms with Crippen molar-refractivity contribution in [2.75, 3.05) is 23.7 Å². The van der Waals surface area contributed by atoms with Crippen LogP contribution in [0.25, 0.3) is 0 Å². The lowest BCUT2D eigenvalue weighted by molar-refractivity contribution is -0.125. The minimum absolute atomic E-state index is 0.263. The first-order chi connectivity index (χ1) is 13.7. The molecular formula is C20H25N3O5S. The molecule has 156 valence electrons. The molecule has 2 aliphatic rings. The van der Waals surface area contributed by atoms with Crippen molar-refractivity contribution in [3.05, 3.63) is 29.3 Å². The maximum Gasteiger partial charge on any atom is 0.338 e. The SMILES string of the molecule is CS(=O)(=O)N1CCCc2cc(C(=O)OCC(=O)NC3(C#N)CCCCC3)ccc21. The summed E-state index contributed by atoms with van der Waals surface area (Å²) in [6.45, 7) is -0.0503. The van der Waals surface area contributed by atoms with Crippen LogP contribution in [-0.2, 0) is 26.0 Å². The number of benzene rings is 1. The van der Waals surface area contributed by atoms with E-state index in [0.29, 0.717) is 37.9 Å². The fourth-order valence-electron chi connectivity index (χ4n) is 3.97. The van der Waals surface area contributed by atoms with Gasteiger partial charge in [-0.2, -0.15) is 5.26 Å². The van der Waals surface area contributed by atoms with Gasteiger partial charge in [0.05, 0.1) is 23.6 Å². The molecule has 1 amide bonds. The molecule has 1 heterocycles. The third-order valence-electron chi connectivity index (χ3n) is 5.43. The predicted molar refractivity (Wildman–Crippen MR) is 107 cm³/mol. The quantitative estimate of drug-likeness (QED) is 0.729. The van der Waals surface area contributed by atoms with Gasteiger partial charge in [-0.25, -0.2) is 13.2 Å². The molecule has 29 heavy (non-hydrogen) atoms. The van der Waals surface area contributed by atoms with Gasteiger partial charge in [0.1, 0.15) is 5.54 Å². The first-order valence-electron chi connectivity index (χ1n) is 9.74. The number of sulfonamides is 1. The fourth-order valence-corrected chi connectivity index (χ4v) is 4.97. The molecule has 1 aromatic rings. The van der Waals surface area contributed by atoms with E-state index in [4.69, 9.17) is 4.74 Å². The number of amides is 1. The fraction of sp³-hybridized carbons (Fsp3) is 0.550. The van der Waals surface area contributed by atoms with Crippen molar-refractivity contribution in [3.8, 4) is 6.07 Å². The van der Waals surface area contributed by atoms with Crippen LogP contribution in [0.2, 0.25) is 0 Å². The minimum Gasteiger partial charge on any atom is -0.452 e. The van der Waals surface area contributed by atoms with Gasteiger partial charge < -0.3 is 10.1 Å². The monoisotopic (exact) mass is 419 g/mol. The van der Waals surface area contributed by atoms with E-state index < -0.39 is 34.0 Å². The van der Waals surface area contributed by atoms with Gasteiger partial charge in [-0.15, -0.1) is 0 Å². The van der Waals surface area contributed by atoms with Crippen LogP contribution in [0.5, 0.6) is 0 Å². The van der Waals surface area contributed by atoms with E-state index in [1.807, 2.05) is 0 Å². The summed E-state index contributed by atoms with van der Waals surface area (Å²) in [5.41, 5.74) is 0.718. The lowest BCUT2D eigenvalue weighted by Gasteiger charge is -2.31. The van der Waals surface area contributed by atoms with Crippen LogP contribution in [0.1, 0.15) is 54.4 Å². The maximum atomic E-state index is 12.4. The summed E-state index contributed by atoms with van der Waals surface area (Å²) in [6.07, 6.45) is 6.49. The van der Waals surface area contributed by atoms with Gasteiger partial charge in [0, 0.05) is 6.54 Å². The molecule has 1 fully saturated rings. The van der Waals surface area contributed by atoms with Gasteiger partial charge in [-0.05, 0) is 49.4 Å². The van der Waals surface area contributed by atoms with Crippen molar-refractivity contribution in [1.29, 1.82) is 5.26 Å². The number of ether oxygens (including phenoxy) is 1. The van der Waals surface area contributed by atoms with E-state index in [2.05, 4.69) is 11.4 Å². The number of rotatable bonds is 5. The zero-order valence-electron chi connectivity index (χ0n) is 16.4. The third-order valence-corrected chi connectivity index (χ3v) is 6.61. The molecular weight excluding hydrogens is 394 g/mol. The van der Waals surface area contributed by atoms with Gasteiger partial charge in [0.15, 0.2) is 6.61 Å². The van der Waals surface area contributed by atoms with Gasteiger partial charge >= 0.3 is 5.97 Å². The normalized spacial score (nSPS) is 18.3. The first kappa shape index (κ1) is 21.1. The lowest BCUT2D eigenvalue weighted by atomic mass is 9.83. The van der Waals surface area contributed by atoms with Crippen LogP contribution in [-0.4, -0.2) is 45.2 Å². The molecule has 0 atom stereocenters. The van der Waals surface area contributed by atoms with Gasteiger partial charge in [0.2, 0.25) is 10.0 Å².